The maximum absolute atomic E-state index is 5.84. The molecule has 1 aliphatic carbocycles. The maximum atomic E-state index is 5.84. The summed E-state index contributed by atoms with van der Waals surface area (Å²) in [6, 6.07) is 0. The van der Waals surface area contributed by atoms with E-state index in [1.807, 2.05) is 0 Å². The number of aromatic nitrogens is 2. The summed E-state index contributed by atoms with van der Waals surface area (Å²) in [5, 5.41) is 0. The lowest BCUT2D eigenvalue weighted by molar-refractivity contribution is 0.0973. The molecule has 1 fully saturated rings. The van der Waals surface area contributed by atoms with Crippen LogP contribution in [0.3, 0.4) is 0 Å². The van der Waals surface area contributed by atoms with Crippen LogP contribution < -0.4 is 16.0 Å². The van der Waals surface area contributed by atoms with E-state index in [2.05, 4.69) is 22.3 Å². The van der Waals surface area contributed by atoms with Gasteiger partial charge in [0.2, 0.25) is 5.88 Å². The molecule has 0 aliphatic heterocycles. The minimum Gasteiger partial charge on any atom is -0.473 e. The van der Waals surface area contributed by atoms with E-state index in [-0.39, 0.29) is 6.10 Å². The lowest BCUT2D eigenvalue weighted by Crippen LogP contribution is -2.28. The number of nitrogens with two attached hydrogens (primary N) is 1. The Morgan fingerprint density at radius 2 is 2.19 bits per heavy atom. The van der Waals surface area contributed by atoms with Crippen molar-refractivity contribution in [1.82, 2.24) is 9.97 Å². The van der Waals surface area contributed by atoms with Gasteiger partial charge < -0.3 is 10.2 Å². The Hall–Kier alpha value is -1.36. The summed E-state index contributed by atoms with van der Waals surface area (Å²) in [4.78, 5) is 8.21. The van der Waals surface area contributed by atoms with Crippen LogP contribution in [0.15, 0.2) is 12.4 Å². The highest BCUT2D eigenvalue weighted by Gasteiger charge is 2.23. The number of ether oxygens (including phenoxy) is 1. The average molecular weight is 222 g/mol. The molecule has 0 amide bonds. The molecule has 5 heteroatoms. The molecule has 2 unspecified atom stereocenters. The largest absolute Gasteiger partial charge is 0.473 e. The Morgan fingerprint density at radius 1 is 1.38 bits per heavy atom. The SMILES string of the molecule is CC1CCCCC1Oc1cncc(NN)n1. The van der Waals surface area contributed by atoms with Crippen LogP contribution in [0.4, 0.5) is 5.82 Å². The predicted molar refractivity (Wildman–Crippen MR) is 61.9 cm³/mol. The standard InChI is InChI=1S/C11H18N4O/c1-8-4-2-3-5-9(8)16-11-7-13-6-10(14-11)15-12/h6-9H,2-5,12H2,1H3,(H,14,15). The van der Waals surface area contributed by atoms with Crippen LogP contribution in [0.25, 0.3) is 0 Å². The summed E-state index contributed by atoms with van der Waals surface area (Å²) < 4.78 is 5.84. The zero-order valence-corrected chi connectivity index (χ0v) is 9.52. The van der Waals surface area contributed by atoms with Gasteiger partial charge >= 0.3 is 0 Å². The van der Waals surface area contributed by atoms with Crippen LogP contribution in [-0.4, -0.2) is 16.1 Å². The van der Waals surface area contributed by atoms with E-state index in [0.717, 1.165) is 6.42 Å². The molecule has 0 spiro atoms. The van der Waals surface area contributed by atoms with Gasteiger partial charge in [-0.05, 0) is 25.2 Å². The zero-order chi connectivity index (χ0) is 11.4. The first kappa shape index (κ1) is 11.1. The van der Waals surface area contributed by atoms with Gasteiger partial charge in [-0.15, -0.1) is 0 Å². The van der Waals surface area contributed by atoms with Crippen molar-refractivity contribution < 1.29 is 4.74 Å². The smallest absolute Gasteiger partial charge is 0.234 e. The Kier molecular flexibility index (Phi) is 3.56. The molecule has 0 aromatic carbocycles. The molecule has 3 N–H and O–H groups in total. The fraction of sp³-hybridized carbons (Fsp3) is 0.636. The van der Waals surface area contributed by atoms with Crippen molar-refractivity contribution in [3.8, 4) is 5.88 Å². The van der Waals surface area contributed by atoms with Crippen molar-refractivity contribution in [3.63, 3.8) is 0 Å². The number of nitrogens with zero attached hydrogens (tertiary/aromatic N) is 2. The minimum atomic E-state index is 0.260. The lowest BCUT2D eigenvalue weighted by atomic mass is 9.88. The van der Waals surface area contributed by atoms with Gasteiger partial charge in [-0.25, -0.2) is 5.84 Å². The highest BCUT2D eigenvalue weighted by Crippen LogP contribution is 2.27. The van der Waals surface area contributed by atoms with Crippen LogP contribution >= 0.6 is 0 Å². The molecule has 1 heterocycles. The summed E-state index contributed by atoms with van der Waals surface area (Å²) in [5.74, 6) is 6.94. The Labute approximate surface area is 95.4 Å². The van der Waals surface area contributed by atoms with Crippen LogP contribution in [0.2, 0.25) is 0 Å². The van der Waals surface area contributed by atoms with E-state index < -0.39 is 0 Å². The average Bonchev–Trinajstić information content (AvgIpc) is 2.32. The molecule has 0 radical (unpaired) electrons. The normalized spacial score (nSPS) is 25.1. The number of hydrazine groups is 1. The zero-order valence-electron chi connectivity index (χ0n) is 9.52. The van der Waals surface area contributed by atoms with Crippen LogP contribution in [0.5, 0.6) is 5.88 Å². The van der Waals surface area contributed by atoms with Crippen molar-refractivity contribution in [1.29, 1.82) is 0 Å². The van der Waals surface area contributed by atoms with Crippen molar-refractivity contribution in [2.75, 3.05) is 5.43 Å². The lowest BCUT2D eigenvalue weighted by Gasteiger charge is -2.28. The van der Waals surface area contributed by atoms with Gasteiger partial charge in [0.05, 0.1) is 12.4 Å². The molecule has 0 bridgehead atoms. The van der Waals surface area contributed by atoms with E-state index in [1.165, 1.54) is 19.3 Å². The minimum absolute atomic E-state index is 0.260. The van der Waals surface area contributed by atoms with Gasteiger partial charge in [-0.2, -0.15) is 4.98 Å². The van der Waals surface area contributed by atoms with Crippen molar-refractivity contribution in [3.05, 3.63) is 12.4 Å². The van der Waals surface area contributed by atoms with Crippen LogP contribution in [0, 0.1) is 5.92 Å². The van der Waals surface area contributed by atoms with E-state index in [9.17, 15) is 0 Å². The molecular weight excluding hydrogens is 204 g/mol. The third-order valence-corrected chi connectivity index (χ3v) is 3.07. The van der Waals surface area contributed by atoms with Gasteiger partial charge in [-0.3, -0.25) is 4.98 Å². The highest BCUT2D eigenvalue weighted by atomic mass is 16.5. The molecular formula is C11H18N4O. The van der Waals surface area contributed by atoms with Gasteiger partial charge in [0.25, 0.3) is 0 Å². The topological polar surface area (TPSA) is 73.1 Å². The van der Waals surface area contributed by atoms with Crippen molar-refractivity contribution in [2.45, 2.75) is 38.7 Å². The summed E-state index contributed by atoms with van der Waals surface area (Å²) >= 11 is 0. The molecule has 1 aromatic rings. The number of hydrogen-bond acceptors (Lipinski definition) is 5. The molecule has 1 aromatic heterocycles. The van der Waals surface area contributed by atoms with Gasteiger partial charge in [-0.1, -0.05) is 13.3 Å². The number of anilines is 1. The van der Waals surface area contributed by atoms with E-state index in [4.69, 9.17) is 10.6 Å². The fourth-order valence-corrected chi connectivity index (χ4v) is 2.09. The second-order valence-corrected chi connectivity index (χ2v) is 4.30. The van der Waals surface area contributed by atoms with Gasteiger partial charge in [0, 0.05) is 0 Å². The third kappa shape index (κ3) is 2.61. The Balaban J connectivity index is 2.01. The van der Waals surface area contributed by atoms with Crippen molar-refractivity contribution in [2.24, 2.45) is 11.8 Å². The first-order valence-corrected chi connectivity index (χ1v) is 5.75. The number of nitrogen functional groups attached to an aromatic ring is 1. The molecule has 5 nitrogen and oxygen atoms in total. The third-order valence-electron chi connectivity index (χ3n) is 3.07. The molecule has 2 atom stereocenters. The molecule has 88 valence electrons. The fourth-order valence-electron chi connectivity index (χ4n) is 2.09. The quantitative estimate of drug-likeness (QED) is 0.601. The summed E-state index contributed by atoms with van der Waals surface area (Å²) in [5.41, 5.74) is 2.46. The highest BCUT2D eigenvalue weighted by molar-refractivity contribution is 5.31. The second kappa shape index (κ2) is 5.12. The summed E-state index contributed by atoms with van der Waals surface area (Å²) in [6.45, 7) is 2.22. The maximum Gasteiger partial charge on any atom is 0.234 e. The van der Waals surface area contributed by atoms with Crippen LogP contribution in [-0.2, 0) is 0 Å². The summed E-state index contributed by atoms with van der Waals surface area (Å²) in [7, 11) is 0. The molecule has 0 saturated heterocycles. The van der Waals surface area contributed by atoms with E-state index in [0.29, 0.717) is 17.6 Å². The molecule has 1 saturated carbocycles. The van der Waals surface area contributed by atoms with E-state index in [1.54, 1.807) is 12.4 Å². The molecule has 16 heavy (non-hydrogen) atoms. The Bertz CT molecular complexity index is 345. The molecule has 1 aliphatic rings. The first-order chi connectivity index (χ1) is 7.79. The summed E-state index contributed by atoms with van der Waals surface area (Å²) in [6.07, 6.45) is 8.32. The predicted octanol–water partition coefficient (Wildman–Crippen LogP) is 1.72. The number of hydrogen-bond donors (Lipinski definition) is 2. The number of nitrogens with one attached hydrogen (secondary N) is 1. The first-order valence-electron chi connectivity index (χ1n) is 5.75. The molecule has 2 rings (SSSR count). The van der Waals surface area contributed by atoms with E-state index >= 15 is 0 Å². The van der Waals surface area contributed by atoms with Gasteiger partial charge in [0.15, 0.2) is 5.82 Å². The van der Waals surface area contributed by atoms with Crippen LogP contribution in [0.1, 0.15) is 32.6 Å². The Morgan fingerprint density at radius 3 is 2.94 bits per heavy atom. The second-order valence-electron chi connectivity index (χ2n) is 4.30. The number of rotatable bonds is 3. The van der Waals surface area contributed by atoms with Crippen molar-refractivity contribution >= 4 is 5.82 Å². The monoisotopic (exact) mass is 222 g/mol. The van der Waals surface area contributed by atoms with Gasteiger partial charge in [0.1, 0.15) is 6.10 Å².